The molecule has 0 bridgehead atoms. The second-order valence-electron chi connectivity index (χ2n) is 5.22. The van der Waals surface area contributed by atoms with Gasteiger partial charge in [0.15, 0.2) is 0 Å². The minimum atomic E-state index is 0.583. The third kappa shape index (κ3) is 3.27. The van der Waals surface area contributed by atoms with Gasteiger partial charge in [-0.3, -0.25) is 4.90 Å². The molecule has 0 radical (unpaired) electrons. The average Bonchev–Trinajstić information content (AvgIpc) is 2.37. The maximum atomic E-state index is 5.35. The van der Waals surface area contributed by atoms with Gasteiger partial charge in [-0.25, -0.2) is 0 Å². The molecule has 0 spiro atoms. The molecule has 0 unspecified atom stereocenters. The van der Waals surface area contributed by atoms with Crippen molar-refractivity contribution in [1.82, 2.24) is 4.90 Å². The third-order valence-corrected chi connectivity index (χ3v) is 3.66. The highest BCUT2D eigenvalue weighted by molar-refractivity contribution is 5.53. The van der Waals surface area contributed by atoms with Crippen LogP contribution in [0.2, 0.25) is 0 Å². The number of nitrogens with one attached hydrogen (secondary N) is 1. The number of aryl methyl sites for hydroxylation is 2. The molecule has 1 aromatic rings. The van der Waals surface area contributed by atoms with Crippen LogP contribution in [0.25, 0.3) is 0 Å². The van der Waals surface area contributed by atoms with Crippen LogP contribution in [0, 0.1) is 26.2 Å². The molecule has 2 nitrogen and oxygen atoms in total. The first-order chi connectivity index (χ1) is 8.69. The maximum absolute atomic E-state index is 5.35. The van der Waals surface area contributed by atoms with Crippen LogP contribution in [0.4, 0.5) is 5.69 Å². The van der Waals surface area contributed by atoms with E-state index in [9.17, 15) is 0 Å². The predicted molar refractivity (Wildman–Crippen MR) is 77.8 cm³/mol. The fraction of sp³-hybridized carbons (Fsp3) is 0.500. The molecule has 1 saturated heterocycles. The fourth-order valence-electron chi connectivity index (χ4n) is 2.48. The fourth-order valence-corrected chi connectivity index (χ4v) is 2.48. The molecule has 1 fully saturated rings. The number of anilines is 1. The van der Waals surface area contributed by atoms with Gasteiger partial charge in [-0.1, -0.05) is 18.1 Å². The van der Waals surface area contributed by atoms with E-state index in [-0.39, 0.29) is 0 Å². The van der Waals surface area contributed by atoms with Gasteiger partial charge in [0.1, 0.15) is 0 Å². The summed E-state index contributed by atoms with van der Waals surface area (Å²) in [7, 11) is 0. The first-order valence-electron chi connectivity index (χ1n) is 6.68. The lowest BCUT2D eigenvalue weighted by Gasteiger charge is -2.32. The van der Waals surface area contributed by atoms with Gasteiger partial charge in [0.2, 0.25) is 0 Å². The molecule has 1 aromatic carbocycles. The topological polar surface area (TPSA) is 15.3 Å². The molecule has 0 aliphatic carbocycles. The number of piperidine rings is 1. The van der Waals surface area contributed by atoms with Crippen molar-refractivity contribution in [2.24, 2.45) is 0 Å². The maximum Gasteiger partial charge on any atom is 0.0598 e. The summed E-state index contributed by atoms with van der Waals surface area (Å²) in [5.74, 6) is 2.72. The van der Waals surface area contributed by atoms with Crippen LogP contribution < -0.4 is 5.32 Å². The number of likely N-dealkylation sites (tertiary alicyclic amines) is 1. The van der Waals surface area contributed by atoms with Crippen molar-refractivity contribution in [3.63, 3.8) is 0 Å². The van der Waals surface area contributed by atoms with Crippen molar-refractivity contribution < 1.29 is 0 Å². The Morgan fingerprint density at radius 2 is 2.06 bits per heavy atom. The van der Waals surface area contributed by atoms with Gasteiger partial charge in [-0.2, -0.15) is 0 Å². The van der Waals surface area contributed by atoms with Crippen molar-refractivity contribution in [2.75, 3.05) is 25.0 Å². The lowest BCUT2D eigenvalue weighted by atomic mass is 10.0. The van der Waals surface area contributed by atoms with Gasteiger partial charge < -0.3 is 5.32 Å². The van der Waals surface area contributed by atoms with E-state index in [1.54, 1.807) is 0 Å². The van der Waals surface area contributed by atoms with Crippen molar-refractivity contribution in [2.45, 2.75) is 32.7 Å². The van der Waals surface area contributed by atoms with Crippen LogP contribution in [0.3, 0.4) is 0 Å². The number of hydrogen-bond donors (Lipinski definition) is 1. The molecule has 18 heavy (non-hydrogen) atoms. The Hall–Kier alpha value is -1.46. The van der Waals surface area contributed by atoms with Gasteiger partial charge in [0.05, 0.1) is 6.54 Å². The normalized spacial score (nSPS) is 17.4. The Balaban J connectivity index is 1.92. The van der Waals surface area contributed by atoms with E-state index in [0.717, 1.165) is 19.6 Å². The van der Waals surface area contributed by atoms with E-state index in [4.69, 9.17) is 6.42 Å². The zero-order valence-corrected chi connectivity index (χ0v) is 11.4. The summed E-state index contributed by atoms with van der Waals surface area (Å²) in [4.78, 5) is 2.35. The second kappa shape index (κ2) is 5.93. The summed E-state index contributed by atoms with van der Waals surface area (Å²) < 4.78 is 0. The summed E-state index contributed by atoms with van der Waals surface area (Å²) in [6.45, 7) is 7.30. The monoisotopic (exact) mass is 242 g/mol. The van der Waals surface area contributed by atoms with Crippen molar-refractivity contribution >= 4 is 5.69 Å². The van der Waals surface area contributed by atoms with Crippen LogP contribution in [0.5, 0.6) is 0 Å². The molecule has 0 aromatic heterocycles. The summed E-state index contributed by atoms with van der Waals surface area (Å²) >= 11 is 0. The second-order valence-corrected chi connectivity index (χ2v) is 5.22. The van der Waals surface area contributed by atoms with Crippen LogP contribution in [-0.4, -0.2) is 30.6 Å². The molecular formula is C16H22N2. The number of terminal acetylenes is 1. The highest BCUT2D eigenvalue weighted by Gasteiger charge is 2.18. The van der Waals surface area contributed by atoms with Crippen molar-refractivity contribution in [3.05, 3.63) is 29.3 Å². The molecular weight excluding hydrogens is 220 g/mol. The van der Waals surface area contributed by atoms with E-state index in [1.807, 2.05) is 0 Å². The van der Waals surface area contributed by atoms with Gasteiger partial charge in [-0.05, 0) is 43.9 Å². The molecule has 1 aliphatic heterocycles. The first-order valence-corrected chi connectivity index (χ1v) is 6.68. The Labute approximate surface area is 110 Å². The molecule has 1 N–H and O–H groups in total. The highest BCUT2D eigenvalue weighted by atomic mass is 15.1. The summed E-state index contributed by atoms with van der Waals surface area (Å²) in [5.41, 5.74) is 3.92. The number of nitrogens with zero attached hydrogens (tertiary/aromatic N) is 1. The lowest BCUT2D eigenvalue weighted by Crippen LogP contribution is -2.39. The minimum absolute atomic E-state index is 0.583. The Kier molecular flexibility index (Phi) is 4.28. The molecule has 1 heterocycles. The molecule has 0 amide bonds. The highest BCUT2D eigenvalue weighted by Crippen LogP contribution is 2.21. The lowest BCUT2D eigenvalue weighted by molar-refractivity contribution is 0.243. The van der Waals surface area contributed by atoms with E-state index in [0.29, 0.717) is 6.04 Å². The molecule has 2 heteroatoms. The van der Waals surface area contributed by atoms with Crippen molar-refractivity contribution in [1.29, 1.82) is 0 Å². The van der Waals surface area contributed by atoms with E-state index in [1.165, 1.54) is 29.7 Å². The molecule has 2 rings (SSSR count). The van der Waals surface area contributed by atoms with Crippen LogP contribution >= 0.6 is 0 Å². The Morgan fingerprint density at radius 3 is 2.72 bits per heavy atom. The summed E-state index contributed by atoms with van der Waals surface area (Å²) in [6, 6.07) is 7.17. The van der Waals surface area contributed by atoms with Gasteiger partial charge in [0.25, 0.3) is 0 Å². The minimum Gasteiger partial charge on any atom is -0.382 e. The zero-order valence-electron chi connectivity index (χ0n) is 11.4. The van der Waals surface area contributed by atoms with E-state index < -0.39 is 0 Å². The van der Waals surface area contributed by atoms with Crippen LogP contribution in [0.1, 0.15) is 24.0 Å². The zero-order chi connectivity index (χ0) is 13.0. The molecule has 0 saturated carbocycles. The third-order valence-electron chi connectivity index (χ3n) is 3.66. The summed E-state index contributed by atoms with van der Waals surface area (Å²) in [6.07, 6.45) is 7.70. The largest absolute Gasteiger partial charge is 0.382 e. The average molecular weight is 242 g/mol. The Morgan fingerprint density at radius 1 is 1.33 bits per heavy atom. The van der Waals surface area contributed by atoms with Crippen molar-refractivity contribution in [3.8, 4) is 12.3 Å². The molecule has 96 valence electrons. The quantitative estimate of drug-likeness (QED) is 0.820. The van der Waals surface area contributed by atoms with Gasteiger partial charge in [-0.15, -0.1) is 6.42 Å². The van der Waals surface area contributed by atoms with E-state index in [2.05, 4.69) is 48.2 Å². The molecule has 1 aliphatic rings. The first kappa shape index (κ1) is 13.0. The van der Waals surface area contributed by atoms with E-state index >= 15 is 0 Å². The van der Waals surface area contributed by atoms with Gasteiger partial charge >= 0.3 is 0 Å². The van der Waals surface area contributed by atoms with Gasteiger partial charge in [0, 0.05) is 24.8 Å². The number of benzene rings is 1. The Bertz CT molecular complexity index is 437. The molecule has 0 atom stereocenters. The number of hydrogen-bond acceptors (Lipinski definition) is 2. The smallest absolute Gasteiger partial charge is 0.0598 e. The number of rotatable bonds is 3. The van der Waals surface area contributed by atoms with Crippen LogP contribution in [-0.2, 0) is 0 Å². The SMILES string of the molecule is C#CCN1CCC(Nc2cc(C)ccc2C)CC1. The summed E-state index contributed by atoms with van der Waals surface area (Å²) in [5, 5.41) is 3.67. The standard InChI is InChI=1S/C16H22N2/c1-4-9-18-10-7-15(8-11-18)17-16-12-13(2)5-6-14(16)3/h1,5-6,12,15,17H,7-11H2,2-3H3. The predicted octanol–water partition coefficient (Wildman–Crippen LogP) is 2.81. The van der Waals surface area contributed by atoms with Crippen LogP contribution in [0.15, 0.2) is 18.2 Å².